The number of nitrogens with zero attached hydrogens (tertiary/aromatic N) is 1. The van der Waals surface area contributed by atoms with Crippen molar-refractivity contribution in [2.75, 3.05) is 13.2 Å². The van der Waals surface area contributed by atoms with Gasteiger partial charge in [-0.25, -0.2) is 9.18 Å². The maximum absolute atomic E-state index is 13.4. The third kappa shape index (κ3) is 5.25. The molecule has 1 N–H and O–H groups in total. The van der Waals surface area contributed by atoms with Crippen molar-refractivity contribution >= 4 is 29.2 Å². The number of nitro benzene ring substituents is 1. The van der Waals surface area contributed by atoms with Crippen LogP contribution in [-0.2, 0) is 16.0 Å². The molecule has 0 unspecified atom stereocenters. The summed E-state index contributed by atoms with van der Waals surface area (Å²) in [7, 11) is 0. The monoisotopic (exact) mass is 380 g/mol. The maximum atomic E-state index is 13.4. The first-order valence-electron chi connectivity index (χ1n) is 7.49. The zero-order chi connectivity index (χ0) is 19.1. The molecule has 0 atom stereocenters. The summed E-state index contributed by atoms with van der Waals surface area (Å²) in [5.74, 6) is -1.80. The second kappa shape index (κ2) is 8.91. The Labute approximate surface area is 152 Å². The van der Waals surface area contributed by atoms with Crippen molar-refractivity contribution in [3.63, 3.8) is 0 Å². The fraction of sp³-hybridized carbons (Fsp3) is 0.176. The zero-order valence-corrected chi connectivity index (χ0v) is 14.2. The zero-order valence-electron chi connectivity index (χ0n) is 13.4. The molecular formula is C17H14ClFN2O5. The van der Waals surface area contributed by atoms with Gasteiger partial charge in [0.2, 0.25) is 0 Å². The number of hydrogen-bond acceptors (Lipinski definition) is 5. The van der Waals surface area contributed by atoms with E-state index in [1.165, 1.54) is 6.07 Å². The van der Waals surface area contributed by atoms with Gasteiger partial charge in [0.05, 0.1) is 15.5 Å². The highest BCUT2D eigenvalue weighted by atomic mass is 35.5. The number of ether oxygens (including phenoxy) is 1. The third-order valence-electron chi connectivity index (χ3n) is 3.39. The molecule has 9 heteroatoms. The lowest BCUT2D eigenvalue weighted by Gasteiger charge is -2.08. The molecule has 7 nitrogen and oxygen atoms in total. The van der Waals surface area contributed by atoms with Gasteiger partial charge in [0.25, 0.3) is 11.6 Å². The highest BCUT2D eigenvalue weighted by Crippen LogP contribution is 2.23. The van der Waals surface area contributed by atoms with E-state index in [1.54, 1.807) is 18.2 Å². The Balaban J connectivity index is 1.81. The fourth-order valence-electron chi connectivity index (χ4n) is 2.08. The van der Waals surface area contributed by atoms with Crippen molar-refractivity contribution < 1.29 is 23.6 Å². The number of carbonyl (C=O) groups is 2. The predicted octanol–water partition coefficient (Wildman–Crippen LogP) is 2.90. The summed E-state index contributed by atoms with van der Waals surface area (Å²) in [6, 6.07) is 9.48. The molecule has 0 saturated heterocycles. The van der Waals surface area contributed by atoms with E-state index in [2.05, 4.69) is 5.32 Å². The summed E-state index contributed by atoms with van der Waals surface area (Å²) in [4.78, 5) is 33.5. The fourth-order valence-corrected chi connectivity index (χ4v) is 2.33. The molecular weight excluding hydrogens is 367 g/mol. The maximum Gasteiger partial charge on any atom is 0.340 e. The molecule has 0 aliphatic rings. The van der Waals surface area contributed by atoms with Crippen LogP contribution in [0, 0.1) is 15.9 Å². The Hall–Kier alpha value is -3.00. The molecule has 0 aromatic heterocycles. The molecule has 0 radical (unpaired) electrons. The van der Waals surface area contributed by atoms with Crippen LogP contribution in [-0.4, -0.2) is 30.0 Å². The number of halogens is 2. The van der Waals surface area contributed by atoms with Gasteiger partial charge >= 0.3 is 5.97 Å². The largest absolute Gasteiger partial charge is 0.452 e. The smallest absolute Gasteiger partial charge is 0.340 e. The minimum absolute atomic E-state index is 0.0866. The molecule has 0 bridgehead atoms. The van der Waals surface area contributed by atoms with Gasteiger partial charge in [0, 0.05) is 18.7 Å². The van der Waals surface area contributed by atoms with Crippen molar-refractivity contribution in [3.8, 4) is 0 Å². The third-order valence-corrected chi connectivity index (χ3v) is 3.70. The van der Waals surface area contributed by atoms with Crippen LogP contribution in [0.4, 0.5) is 10.1 Å². The highest BCUT2D eigenvalue weighted by Gasteiger charge is 2.17. The van der Waals surface area contributed by atoms with Crippen molar-refractivity contribution in [3.05, 3.63) is 74.5 Å². The molecule has 2 rings (SSSR count). The minimum atomic E-state index is -0.880. The number of non-ortho nitro benzene ring substituents is 1. The van der Waals surface area contributed by atoms with Crippen LogP contribution in [0.5, 0.6) is 0 Å². The van der Waals surface area contributed by atoms with Crippen LogP contribution in [0.25, 0.3) is 0 Å². The van der Waals surface area contributed by atoms with Crippen LogP contribution in [0.2, 0.25) is 5.02 Å². The van der Waals surface area contributed by atoms with E-state index in [0.717, 1.165) is 18.2 Å². The van der Waals surface area contributed by atoms with E-state index in [1.807, 2.05) is 0 Å². The van der Waals surface area contributed by atoms with E-state index < -0.39 is 23.4 Å². The molecule has 0 aliphatic carbocycles. The average Bonchev–Trinajstić information content (AvgIpc) is 2.61. The molecule has 2 aromatic carbocycles. The Bertz CT molecular complexity index is 844. The first-order chi connectivity index (χ1) is 12.4. The topological polar surface area (TPSA) is 98.5 Å². The highest BCUT2D eigenvalue weighted by molar-refractivity contribution is 6.33. The van der Waals surface area contributed by atoms with Gasteiger partial charge < -0.3 is 10.1 Å². The van der Waals surface area contributed by atoms with Gasteiger partial charge in [-0.15, -0.1) is 0 Å². The summed E-state index contributed by atoms with van der Waals surface area (Å²) in [5, 5.41) is 13.0. The molecule has 136 valence electrons. The summed E-state index contributed by atoms with van der Waals surface area (Å²) < 4.78 is 18.3. The number of rotatable bonds is 7. The number of carbonyl (C=O) groups excluding carboxylic acids is 2. The number of esters is 1. The van der Waals surface area contributed by atoms with Crippen molar-refractivity contribution in [2.45, 2.75) is 6.42 Å². The molecule has 0 fully saturated rings. The number of amides is 1. The van der Waals surface area contributed by atoms with Gasteiger partial charge in [0.15, 0.2) is 6.61 Å². The van der Waals surface area contributed by atoms with Gasteiger partial charge in [-0.1, -0.05) is 29.8 Å². The van der Waals surface area contributed by atoms with Crippen LogP contribution >= 0.6 is 11.6 Å². The van der Waals surface area contributed by atoms with Gasteiger partial charge in [0.1, 0.15) is 5.82 Å². The van der Waals surface area contributed by atoms with Gasteiger partial charge in [-0.3, -0.25) is 14.9 Å². The average molecular weight is 381 g/mol. The van der Waals surface area contributed by atoms with E-state index in [4.69, 9.17) is 16.3 Å². The molecule has 0 saturated carbocycles. The van der Waals surface area contributed by atoms with E-state index in [-0.39, 0.29) is 28.6 Å². The van der Waals surface area contributed by atoms with E-state index in [0.29, 0.717) is 12.0 Å². The standard InChI is InChI=1S/C17H14ClFN2O5/c18-14-9-12(21(24)25)5-6-13(14)17(23)26-10-16(22)20-8-7-11-3-1-2-4-15(11)19/h1-6,9H,7-8,10H2,(H,20,22). The number of nitrogens with one attached hydrogen (secondary N) is 1. The van der Waals surface area contributed by atoms with Gasteiger partial charge in [-0.05, 0) is 24.1 Å². The van der Waals surface area contributed by atoms with Crippen molar-refractivity contribution in [2.24, 2.45) is 0 Å². The minimum Gasteiger partial charge on any atom is -0.452 e. The lowest BCUT2D eigenvalue weighted by molar-refractivity contribution is -0.384. The second-order valence-corrected chi connectivity index (χ2v) is 5.60. The van der Waals surface area contributed by atoms with E-state index in [9.17, 15) is 24.1 Å². The summed E-state index contributed by atoms with van der Waals surface area (Å²) in [6.45, 7) is -0.376. The van der Waals surface area contributed by atoms with Crippen LogP contribution in [0.15, 0.2) is 42.5 Å². The van der Waals surface area contributed by atoms with Crippen LogP contribution in [0.1, 0.15) is 15.9 Å². The van der Waals surface area contributed by atoms with Crippen molar-refractivity contribution in [1.82, 2.24) is 5.32 Å². The van der Waals surface area contributed by atoms with Crippen LogP contribution in [0.3, 0.4) is 0 Å². The van der Waals surface area contributed by atoms with E-state index >= 15 is 0 Å². The normalized spacial score (nSPS) is 10.2. The summed E-state index contributed by atoms with van der Waals surface area (Å²) >= 11 is 5.81. The number of benzene rings is 2. The lowest BCUT2D eigenvalue weighted by Crippen LogP contribution is -2.30. The Morgan fingerprint density at radius 1 is 1.23 bits per heavy atom. The Morgan fingerprint density at radius 3 is 2.62 bits per heavy atom. The summed E-state index contributed by atoms with van der Waals surface area (Å²) in [5.41, 5.74) is 0.108. The number of hydrogen-bond donors (Lipinski definition) is 1. The molecule has 0 aliphatic heterocycles. The quantitative estimate of drug-likeness (QED) is 0.452. The summed E-state index contributed by atoms with van der Waals surface area (Å²) in [6.07, 6.45) is 0.292. The number of nitro groups is 1. The van der Waals surface area contributed by atoms with Crippen molar-refractivity contribution in [1.29, 1.82) is 0 Å². The Morgan fingerprint density at radius 2 is 1.96 bits per heavy atom. The molecule has 2 aromatic rings. The molecule has 0 heterocycles. The molecule has 26 heavy (non-hydrogen) atoms. The first-order valence-corrected chi connectivity index (χ1v) is 7.87. The SMILES string of the molecule is O=C(COC(=O)c1ccc([N+](=O)[O-])cc1Cl)NCCc1ccccc1F. The van der Waals surface area contributed by atoms with Gasteiger partial charge in [-0.2, -0.15) is 0 Å². The lowest BCUT2D eigenvalue weighted by atomic mass is 10.1. The molecule has 0 spiro atoms. The van der Waals surface area contributed by atoms with Crippen LogP contribution < -0.4 is 5.32 Å². The second-order valence-electron chi connectivity index (χ2n) is 5.19. The molecule has 1 amide bonds. The predicted molar refractivity (Wildman–Crippen MR) is 91.5 cm³/mol. The first kappa shape index (κ1) is 19.3. The Kier molecular flexibility index (Phi) is 6.62.